The maximum Gasteiger partial charge on any atom is 0.159 e. The molecule has 0 radical (unpaired) electrons. The van der Waals surface area contributed by atoms with Crippen LogP contribution in [-0.4, -0.2) is 34.5 Å². The molecule has 1 rings (SSSR count). The molecule has 0 bridgehead atoms. The van der Waals surface area contributed by atoms with Gasteiger partial charge >= 0.3 is 0 Å². The quantitative estimate of drug-likeness (QED) is 0.818. The zero-order chi connectivity index (χ0) is 12.8. The summed E-state index contributed by atoms with van der Waals surface area (Å²) in [5, 5.41) is 9.78. The minimum Gasteiger partial charge on any atom is -0.384 e. The smallest absolute Gasteiger partial charge is 0.159 e. The van der Waals surface area contributed by atoms with E-state index in [1.165, 1.54) is 12.5 Å². The molecular weight excluding hydrogens is 214 g/mol. The minimum atomic E-state index is -0.904. The Morgan fingerprint density at radius 2 is 1.94 bits per heavy atom. The number of carbonyl (C=O) groups is 1. The van der Waals surface area contributed by atoms with Crippen molar-refractivity contribution in [1.82, 2.24) is 4.90 Å². The van der Waals surface area contributed by atoms with Crippen LogP contribution >= 0.6 is 0 Å². The molecular formula is C14H21NO2. The van der Waals surface area contributed by atoms with Gasteiger partial charge in [0.2, 0.25) is 0 Å². The van der Waals surface area contributed by atoms with Crippen molar-refractivity contribution in [3.63, 3.8) is 0 Å². The van der Waals surface area contributed by atoms with Crippen LogP contribution in [-0.2, 0) is 11.3 Å². The third kappa shape index (κ3) is 3.95. The monoisotopic (exact) mass is 235 g/mol. The first kappa shape index (κ1) is 13.9. The fourth-order valence-electron chi connectivity index (χ4n) is 1.90. The van der Waals surface area contributed by atoms with Crippen LogP contribution in [0, 0.1) is 0 Å². The number of benzene rings is 1. The molecule has 94 valence electrons. The van der Waals surface area contributed by atoms with Gasteiger partial charge in [-0.05, 0) is 26.0 Å². The predicted molar refractivity (Wildman–Crippen MR) is 68.7 cm³/mol. The number of hydrogen-bond donors (Lipinski definition) is 1. The molecule has 0 saturated heterocycles. The molecule has 0 amide bonds. The highest BCUT2D eigenvalue weighted by atomic mass is 16.3. The first-order chi connectivity index (χ1) is 8.06. The molecule has 2 atom stereocenters. The molecule has 0 fully saturated rings. The van der Waals surface area contributed by atoms with Gasteiger partial charge in [-0.3, -0.25) is 9.69 Å². The van der Waals surface area contributed by atoms with Crippen LogP contribution in [0.3, 0.4) is 0 Å². The summed E-state index contributed by atoms with van der Waals surface area (Å²) in [6.07, 6.45) is -0.904. The Kier molecular flexibility index (Phi) is 5.32. The number of aliphatic hydroxyl groups excluding tert-OH is 1. The van der Waals surface area contributed by atoms with Gasteiger partial charge in [-0.15, -0.1) is 0 Å². The highest BCUT2D eigenvalue weighted by Crippen LogP contribution is 2.11. The van der Waals surface area contributed by atoms with Crippen LogP contribution in [0.2, 0.25) is 0 Å². The van der Waals surface area contributed by atoms with Crippen LogP contribution in [0.1, 0.15) is 26.3 Å². The molecule has 3 heteroatoms. The Hall–Kier alpha value is -1.19. The van der Waals surface area contributed by atoms with Crippen molar-refractivity contribution < 1.29 is 9.90 Å². The number of aliphatic hydroxyl groups is 1. The molecule has 0 aromatic heterocycles. The fraction of sp³-hybridized carbons (Fsp3) is 0.500. The molecule has 0 heterocycles. The average molecular weight is 235 g/mol. The summed E-state index contributed by atoms with van der Waals surface area (Å²) in [7, 11) is 0. The number of Topliss-reactive ketones (excluding diaryl/α,β-unsaturated/α-hetero) is 1. The van der Waals surface area contributed by atoms with Crippen molar-refractivity contribution in [3.05, 3.63) is 35.9 Å². The Labute approximate surface area is 103 Å². The van der Waals surface area contributed by atoms with E-state index >= 15 is 0 Å². The van der Waals surface area contributed by atoms with Crippen LogP contribution < -0.4 is 0 Å². The second kappa shape index (κ2) is 6.52. The third-order valence-corrected chi connectivity index (χ3v) is 3.08. The van der Waals surface area contributed by atoms with Gasteiger partial charge in [0, 0.05) is 12.6 Å². The van der Waals surface area contributed by atoms with Gasteiger partial charge < -0.3 is 5.11 Å². The molecule has 1 N–H and O–H groups in total. The first-order valence-electron chi connectivity index (χ1n) is 6.02. The standard InChI is InChI=1S/C14H21NO2/c1-4-15(11(2)14(17)12(3)16)10-13-8-6-5-7-9-13/h5-9,11,14,17H,4,10H2,1-3H3. The van der Waals surface area contributed by atoms with Gasteiger partial charge in [0.15, 0.2) is 5.78 Å². The number of likely N-dealkylation sites (N-methyl/N-ethyl adjacent to an activating group) is 1. The number of carbonyl (C=O) groups excluding carboxylic acids is 1. The van der Waals surface area contributed by atoms with E-state index in [4.69, 9.17) is 0 Å². The van der Waals surface area contributed by atoms with Gasteiger partial charge in [-0.2, -0.15) is 0 Å². The van der Waals surface area contributed by atoms with Crippen LogP contribution in [0.25, 0.3) is 0 Å². The summed E-state index contributed by atoms with van der Waals surface area (Å²) < 4.78 is 0. The summed E-state index contributed by atoms with van der Waals surface area (Å²) in [5.41, 5.74) is 1.19. The second-order valence-corrected chi connectivity index (χ2v) is 4.34. The van der Waals surface area contributed by atoms with Crippen molar-refractivity contribution in [1.29, 1.82) is 0 Å². The lowest BCUT2D eigenvalue weighted by Gasteiger charge is -2.30. The van der Waals surface area contributed by atoms with Gasteiger partial charge in [0.25, 0.3) is 0 Å². The Balaban J connectivity index is 2.69. The number of nitrogens with zero attached hydrogens (tertiary/aromatic N) is 1. The molecule has 0 aliphatic rings. The summed E-state index contributed by atoms with van der Waals surface area (Å²) in [5.74, 6) is -0.177. The average Bonchev–Trinajstić information content (AvgIpc) is 2.35. The molecule has 2 unspecified atom stereocenters. The molecule has 0 aliphatic carbocycles. The SMILES string of the molecule is CCN(Cc1ccccc1)C(C)C(O)C(C)=O. The van der Waals surface area contributed by atoms with Crippen molar-refractivity contribution in [2.24, 2.45) is 0 Å². The van der Waals surface area contributed by atoms with Crippen LogP contribution in [0.4, 0.5) is 0 Å². The number of rotatable bonds is 6. The summed E-state index contributed by atoms with van der Waals surface area (Å²) in [6.45, 7) is 6.91. The molecule has 0 spiro atoms. The summed E-state index contributed by atoms with van der Waals surface area (Å²) in [4.78, 5) is 13.3. The summed E-state index contributed by atoms with van der Waals surface area (Å²) >= 11 is 0. The Bertz CT molecular complexity index is 350. The largest absolute Gasteiger partial charge is 0.384 e. The van der Waals surface area contributed by atoms with Crippen molar-refractivity contribution in [2.75, 3.05) is 6.54 Å². The molecule has 3 nitrogen and oxygen atoms in total. The van der Waals surface area contributed by atoms with E-state index in [9.17, 15) is 9.90 Å². The zero-order valence-corrected chi connectivity index (χ0v) is 10.8. The molecule has 0 aliphatic heterocycles. The molecule has 17 heavy (non-hydrogen) atoms. The highest BCUT2D eigenvalue weighted by Gasteiger charge is 2.23. The maximum absolute atomic E-state index is 11.2. The summed E-state index contributed by atoms with van der Waals surface area (Å²) in [6, 6.07) is 9.92. The maximum atomic E-state index is 11.2. The van der Waals surface area contributed by atoms with Gasteiger partial charge in [0.05, 0.1) is 0 Å². The minimum absolute atomic E-state index is 0.155. The lowest BCUT2D eigenvalue weighted by atomic mass is 10.1. The van der Waals surface area contributed by atoms with Crippen LogP contribution in [0.15, 0.2) is 30.3 Å². The molecule has 1 aromatic carbocycles. The number of ketones is 1. The van der Waals surface area contributed by atoms with E-state index in [1.807, 2.05) is 32.0 Å². The van der Waals surface area contributed by atoms with E-state index in [2.05, 4.69) is 17.0 Å². The predicted octanol–water partition coefficient (Wildman–Crippen LogP) is 1.85. The van der Waals surface area contributed by atoms with Gasteiger partial charge in [-0.25, -0.2) is 0 Å². The second-order valence-electron chi connectivity index (χ2n) is 4.34. The van der Waals surface area contributed by atoms with Crippen molar-refractivity contribution >= 4 is 5.78 Å². The molecule has 1 aromatic rings. The third-order valence-electron chi connectivity index (χ3n) is 3.08. The molecule has 0 saturated carbocycles. The van der Waals surface area contributed by atoms with E-state index in [-0.39, 0.29) is 11.8 Å². The Morgan fingerprint density at radius 1 is 1.35 bits per heavy atom. The van der Waals surface area contributed by atoms with E-state index in [0.717, 1.165) is 13.1 Å². The van der Waals surface area contributed by atoms with E-state index in [1.54, 1.807) is 0 Å². The van der Waals surface area contributed by atoms with Crippen molar-refractivity contribution in [3.8, 4) is 0 Å². The van der Waals surface area contributed by atoms with Gasteiger partial charge in [0.1, 0.15) is 6.10 Å². The van der Waals surface area contributed by atoms with Gasteiger partial charge in [-0.1, -0.05) is 37.3 Å². The first-order valence-corrected chi connectivity index (χ1v) is 6.02. The zero-order valence-electron chi connectivity index (χ0n) is 10.8. The van der Waals surface area contributed by atoms with Crippen LogP contribution in [0.5, 0.6) is 0 Å². The van der Waals surface area contributed by atoms with Crippen molar-refractivity contribution in [2.45, 2.75) is 39.5 Å². The lowest BCUT2D eigenvalue weighted by Crippen LogP contribution is -2.44. The topological polar surface area (TPSA) is 40.5 Å². The Morgan fingerprint density at radius 3 is 2.41 bits per heavy atom. The fourth-order valence-corrected chi connectivity index (χ4v) is 1.90. The lowest BCUT2D eigenvalue weighted by molar-refractivity contribution is -0.128. The normalized spacial score (nSPS) is 14.6. The van der Waals surface area contributed by atoms with E-state index < -0.39 is 6.10 Å². The highest BCUT2D eigenvalue weighted by molar-refractivity contribution is 5.80. The van der Waals surface area contributed by atoms with E-state index in [0.29, 0.717) is 0 Å². The number of hydrogen-bond acceptors (Lipinski definition) is 3.